The number of nitrogens with one attached hydrogen (secondary N) is 1. The third-order valence-electron chi connectivity index (χ3n) is 3.30. The maximum atomic E-state index is 13.2. The van der Waals surface area contributed by atoms with Crippen LogP contribution in [0.5, 0.6) is 0 Å². The van der Waals surface area contributed by atoms with Crippen molar-refractivity contribution in [2.24, 2.45) is 7.05 Å². The van der Waals surface area contributed by atoms with Crippen molar-refractivity contribution in [3.63, 3.8) is 0 Å². The van der Waals surface area contributed by atoms with Crippen LogP contribution in [-0.4, -0.2) is 16.3 Å². The fourth-order valence-corrected chi connectivity index (χ4v) is 2.75. The van der Waals surface area contributed by atoms with Crippen LogP contribution in [0.2, 0.25) is 0 Å². The molecular weight excluding hydrogens is 321 g/mol. The van der Waals surface area contributed by atoms with Gasteiger partial charge in [-0.05, 0) is 43.1 Å². The van der Waals surface area contributed by atoms with Crippen LogP contribution in [0.1, 0.15) is 30.6 Å². The zero-order valence-corrected chi connectivity index (χ0v) is 13.3. The topological polar surface area (TPSA) is 29.9 Å². The van der Waals surface area contributed by atoms with E-state index in [2.05, 4.69) is 33.3 Å². The summed E-state index contributed by atoms with van der Waals surface area (Å²) in [6.45, 7) is 3.08. The summed E-state index contributed by atoms with van der Waals surface area (Å²) in [5, 5.41) is 7.76. The molecule has 0 aliphatic heterocycles. The van der Waals surface area contributed by atoms with Crippen LogP contribution in [0.3, 0.4) is 0 Å². The highest BCUT2D eigenvalue weighted by atomic mass is 79.9. The molecule has 1 heterocycles. The molecule has 0 amide bonds. The van der Waals surface area contributed by atoms with Gasteiger partial charge >= 0.3 is 0 Å². The Morgan fingerprint density at radius 1 is 1.40 bits per heavy atom. The van der Waals surface area contributed by atoms with Gasteiger partial charge in [0.2, 0.25) is 0 Å². The van der Waals surface area contributed by atoms with Gasteiger partial charge in [-0.2, -0.15) is 5.10 Å². The molecule has 0 fully saturated rings. The van der Waals surface area contributed by atoms with Gasteiger partial charge in [0.05, 0.1) is 11.7 Å². The van der Waals surface area contributed by atoms with Gasteiger partial charge < -0.3 is 5.32 Å². The average Bonchev–Trinajstić information content (AvgIpc) is 2.83. The molecule has 0 bridgehead atoms. The van der Waals surface area contributed by atoms with Crippen molar-refractivity contribution in [3.05, 3.63) is 52.0 Å². The van der Waals surface area contributed by atoms with Crippen molar-refractivity contribution in [1.82, 2.24) is 15.1 Å². The number of benzene rings is 1. The third kappa shape index (κ3) is 3.67. The highest BCUT2D eigenvalue weighted by molar-refractivity contribution is 9.10. The molecule has 0 aliphatic rings. The number of halogens is 2. The van der Waals surface area contributed by atoms with Crippen molar-refractivity contribution in [2.75, 3.05) is 6.54 Å². The number of aromatic nitrogens is 2. The van der Waals surface area contributed by atoms with Gasteiger partial charge in [-0.15, -0.1) is 0 Å². The van der Waals surface area contributed by atoms with E-state index >= 15 is 0 Å². The summed E-state index contributed by atoms with van der Waals surface area (Å²) in [6, 6.07) is 7.03. The van der Waals surface area contributed by atoms with Crippen molar-refractivity contribution >= 4 is 15.9 Å². The molecule has 0 saturated heterocycles. The zero-order chi connectivity index (χ0) is 14.5. The molecule has 0 aliphatic carbocycles. The Labute approximate surface area is 127 Å². The van der Waals surface area contributed by atoms with Gasteiger partial charge in [-0.25, -0.2) is 4.39 Å². The van der Waals surface area contributed by atoms with Crippen LogP contribution < -0.4 is 5.32 Å². The molecule has 0 saturated carbocycles. The van der Waals surface area contributed by atoms with E-state index < -0.39 is 0 Å². The summed E-state index contributed by atoms with van der Waals surface area (Å²) in [7, 11) is 1.94. The molecular formula is C15H19BrFN3. The molecule has 2 rings (SSSR count). The molecule has 2 aromatic rings. The second-order valence-corrected chi connectivity index (χ2v) is 5.68. The monoisotopic (exact) mass is 339 g/mol. The third-order valence-corrected chi connectivity index (χ3v) is 4.03. The Bertz CT molecular complexity index is 568. The van der Waals surface area contributed by atoms with E-state index in [1.54, 1.807) is 6.20 Å². The Morgan fingerprint density at radius 2 is 2.20 bits per heavy atom. The first kappa shape index (κ1) is 15.2. The first-order valence-corrected chi connectivity index (χ1v) is 7.56. The molecule has 1 N–H and O–H groups in total. The van der Waals surface area contributed by atoms with Gasteiger partial charge in [-0.3, -0.25) is 4.68 Å². The number of nitrogens with zero attached hydrogens (tertiary/aromatic N) is 2. The standard InChI is InChI=1S/C15H19BrFN3/c1-3-7-18-14(15-6-8-19-20(15)2)9-11-4-5-12(17)10-13(11)16/h4-6,8,10,14,18H,3,7,9H2,1-2H3. The fourth-order valence-electron chi connectivity index (χ4n) is 2.23. The van der Waals surface area contributed by atoms with Gasteiger partial charge in [0.15, 0.2) is 0 Å². The van der Waals surface area contributed by atoms with E-state index in [9.17, 15) is 4.39 Å². The Balaban J connectivity index is 2.21. The predicted molar refractivity (Wildman–Crippen MR) is 82.0 cm³/mol. The SMILES string of the molecule is CCCNC(Cc1ccc(F)cc1Br)c1ccnn1C. The summed E-state index contributed by atoms with van der Waals surface area (Å²) < 4.78 is 15.9. The molecule has 0 spiro atoms. The van der Waals surface area contributed by atoms with Gasteiger partial charge in [0.25, 0.3) is 0 Å². The number of aryl methyl sites for hydroxylation is 1. The molecule has 1 aromatic carbocycles. The number of hydrogen-bond acceptors (Lipinski definition) is 2. The van der Waals surface area contributed by atoms with Gasteiger partial charge in [0, 0.05) is 17.7 Å². The highest BCUT2D eigenvalue weighted by Crippen LogP contribution is 2.24. The minimum atomic E-state index is -0.223. The number of rotatable bonds is 6. The Hall–Kier alpha value is -1.20. The summed E-state index contributed by atoms with van der Waals surface area (Å²) in [5.41, 5.74) is 2.22. The summed E-state index contributed by atoms with van der Waals surface area (Å²) >= 11 is 3.44. The molecule has 1 aromatic heterocycles. The molecule has 0 radical (unpaired) electrons. The average molecular weight is 340 g/mol. The van der Waals surface area contributed by atoms with Gasteiger partial charge in [-0.1, -0.05) is 28.9 Å². The molecule has 1 atom stereocenters. The van der Waals surface area contributed by atoms with E-state index in [1.165, 1.54) is 12.1 Å². The fraction of sp³-hybridized carbons (Fsp3) is 0.400. The summed E-state index contributed by atoms with van der Waals surface area (Å²) in [5.74, 6) is -0.223. The van der Waals surface area contributed by atoms with E-state index in [0.29, 0.717) is 0 Å². The molecule has 3 nitrogen and oxygen atoms in total. The van der Waals surface area contributed by atoms with Crippen molar-refractivity contribution in [2.45, 2.75) is 25.8 Å². The molecule has 5 heteroatoms. The minimum Gasteiger partial charge on any atom is -0.308 e. The van der Waals surface area contributed by atoms with E-state index in [0.717, 1.165) is 35.1 Å². The lowest BCUT2D eigenvalue weighted by molar-refractivity contribution is 0.492. The minimum absolute atomic E-state index is 0.171. The van der Waals surface area contributed by atoms with Crippen LogP contribution in [-0.2, 0) is 13.5 Å². The number of hydrogen-bond donors (Lipinski definition) is 1. The quantitative estimate of drug-likeness (QED) is 0.871. The maximum Gasteiger partial charge on any atom is 0.124 e. The largest absolute Gasteiger partial charge is 0.308 e. The van der Waals surface area contributed by atoms with Crippen LogP contribution in [0.15, 0.2) is 34.9 Å². The first-order chi connectivity index (χ1) is 9.61. The lowest BCUT2D eigenvalue weighted by atomic mass is 10.0. The maximum absolute atomic E-state index is 13.2. The normalized spacial score (nSPS) is 12.6. The smallest absolute Gasteiger partial charge is 0.124 e. The van der Waals surface area contributed by atoms with Crippen molar-refractivity contribution < 1.29 is 4.39 Å². The molecule has 20 heavy (non-hydrogen) atoms. The van der Waals surface area contributed by atoms with Crippen LogP contribution in [0.4, 0.5) is 4.39 Å². The lowest BCUT2D eigenvalue weighted by Gasteiger charge is -2.19. The van der Waals surface area contributed by atoms with E-state index in [-0.39, 0.29) is 11.9 Å². The van der Waals surface area contributed by atoms with Crippen molar-refractivity contribution in [1.29, 1.82) is 0 Å². The van der Waals surface area contributed by atoms with Crippen LogP contribution >= 0.6 is 15.9 Å². The van der Waals surface area contributed by atoms with Crippen LogP contribution in [0, 0.1) is 5.82 Å². The van der Waals surface area contributed by atoms with Crippen molar-refractivity contribution in [3.8, 4) is 0 Å². The van der Waals surface area contributed by atoms with E-state index in [4.69, 9.17) is 0 Å². The second kappa shape index (κ2) is 6.99. The Morgan fingerprint density at radius 3 is 2.80 bits per heavy atom. The lowest BCUT2D eigenvalue weighted by Crippen LogP contribution is -2.26. The predicted octanol–water partition coefficient (Wildman–Crippen LogP) is 3.61. The second-order valence-electron chi connectivity index (χ2n) is 4.83. The summed E-state index contributed by atoms with van der Waals surface area (Å²) in [4.78, 5) is 0. The molecule has 1 unspecified atom stereocenters. The highest BCUT2D eigenvalue weighted by Gasteiger charge is 2.16. The van der Waals surface area contributed by atoms with Crippen LogP contribution in [0.25, 0.3) is 0 Å². The zero-order valence-electron chi connectivity index (χ0n) is 11.7. The first-order valence-electron chi connectivity index (χ1n) is 6.77. The summed E-state index contributed by atoms with van der Waals surface area (Å²) in [6.07, 6.45) is 3.66. The van der Waals surface area contributed by atoms with Gasteiger partial charge in [0.1, 0.15) is 5.82 Å². The molecule has 108 valence electrons. The van der Waals surface area contributed by atoms with E-state index in [1.807, 2.05) is 23.9 Å². The Kier molecular flexibility index (Phi) is 5.31.